The molecule has 0 bridgehead atoms. The second kappa shape index (κ2) is 4.72. The molecule has 3 heteroatoms. The van der Waals surface area contributed by atoms with Crippen LogP contribution in [0.1, 0.15) is 31.1 Å². The molecule has 0 radical (unpaired) electrons. The van der Waals surface area contributed by atoms with E-state index in [4.69, 9.17) is 0 Å². The van der Waals surface area contributed by atoms with Gasteiger partial charge >= 0.3 is 0 Å². The van der Waals surface area contributed by atoms with E-state index in [0.29, 0.717) is 6.04 Å². The van der Waals surface area contributed by atoms with Crippen molar-refractivity contribution in [3.63, 3.8) is 0 Å². The van der Waals surface area contributed by atoms with Gasteiger partial charge in [-0.3, -0.25) is 0 Å². The van der Waals surface area contributed by atoms with Gasteiger partial charge in [-0.25, -0.2) is 4.98 Å². The molecule has 1 aliphatic rings. The molecular formula is C14H17N3. The monoisotopic (exact) mass is 227 g/mol. The summed E-state index contributed by atoms with van der Waals surface area (Å²) in [6, 6.07) is 10.7. The summed E-state index contributed by atoms with van der Waals surface area (Å²) in [6.07, 6.45) is 5.69. The van der Waals surface area contributed by atoms with Gasteiger partial charge in [0.1, 0.15) is 5.82 Å². The first kappa shape index (κ1) is 10.5. The summed E-state index contributed by atoms with van der Waals surface area (Å²) in [5.74, 6) is 1.07. The number of H-pyrrole nitrogens is 1. The van der Waals surface area contributed by atoms with Crippen LogP contribution in [0.25, 0.3) is 11.3 Å². The van der Waals surface area contributed by atoms with E-state index in [1.807, 2.05) is 12.3 Å². The third kappa shape index (κ3) is 2.24. The molecule has 1 aliphatic heterocycles. The van der Waals surface area contributed by atoms with Crippen LogP contribution in [-0.2, 0) is 0 Å². The number of piperidine rings is 1. The predicted octanol–water partition coefficient (Wildman–Crippen LogP) is 2.89. The summed E-state index contributed by atoms with van der Waals surface area (Å²) in [7, 11) is 0. The summed E-state index contributed by atoms with van der Waals surface area (Å²) in [6.45, 7) is 1.10. The number of nitrogens with zero attached hydrogens (tertiary/aromatic N) is 1. The normalized spacial score (nSPS) is 20.4. The molecular weight excluding hydrogens is 210 g/mol. The fraction of sp³-hybridized carbons (Fsp3) is 0.357. The Balaban J connectivity index is 1.83. The van der Waals surface area contributed by atoms with Crippen LogP contribution in [0.4, 0.5) is 0 Å². The molecule has 0 spiro atoms. The fourth-order valence-corrected chi connectivity index (χ4v) is 2.36. The summed E-state index contributed by atoms with van der Waals surface area (Å²) in [5, 5.41) is 3.51. The van der Waals surface area contributed by atoms with Crippen molar-refractivity contribution < 1.29 is 0 Å². The second-order valence-corrected chi connectivity index (χ2v) is 4.55. The first-order valence-electron chi connectivity index (χ1n) is 6.27. The van der Waals surface area contributed by atoms with Gasteiger partial charge in [0.15, 0.2) is 0 Å². The van der Waals surface area contributed by atoms with Crippen molar-refractivity contribution in [2.24, 2.45) is 0 Å². The molecule has 1 aromatic heterocycles. The molecule has 3 nitrogen and oxygen atoms in total. The quantitative estimate of drug-likeness (QED) is 0.828. The first-order valence-corrected chi connectivity index (χ1v) is 6.27. The number of aromatic nitrogens is 2. The Morgan fingerprint density at radius 2 is 2.00 bits per heavy atom. The van der Waals surface area contributed by atoms with E-state index in [9.17, 15) is 0 Å². The smallest absolute Gasteiger partial charge is 0.123 e. The third-order valence-electron chi connectivity index (χ3n) is 3.32. The lowest BCUT2D eigenvalue weighted by molar-refractivity contribution is 0.399. The van der Waals surface area contributed by atoms with Gasteiger partial charge in [-0.1, -0.05) is 36.8 Å². The van der Waals surface area contributed by atoms with Gasteiger partial charge in [-0.15, -0.1) is 0 Å². The molecule has 2 aromatic rings. The third-order valence-corrected chi connectivity index (χ3v) is 3.32. The van der Waals surface area contributed by atoms with E-state index in [0.717, 1.165) is 18.1 Å². The maximum Gasteiger partial charge on any atom is 0.123 e. The zero-order valence-corrected chi connectivity index (χ0v) is 9.82. The fourth-order valence-electron chi connectivity index (χ4n) is 2.36. The van der Waals surface area contributed by atoms with Crippen molar-refractivity contribution in [2.75, 3.05) is 6.54 Å². The average Bonchev–Trinajstić information content (AvgIpc) is 2.90. The first-order chi connectivity index (χ1) is 8.43. The molecule has 17 heavy (non-hydrogen) atoms. The SMILES string of the molecule is c1ccc(-c2cnc([C@H]3CCCCN3)[nH]2)cc1. The average molecular weight is 227 g/mol. The Labute approximate surface area is 101 Å². The number of aromatic amines is 1. The Morgan fingerprint density at radius 3 is 2.76 bits per heavy atom. The van der Waals surface area contributed by atoms with Gasteiger partial charge in [-0.2, -0.15) is 0 Å². The van der Waals surface area contributed by atoms with Gasteiger partial charge in [0.2, 0.25) is 0 Å². The zero-order valence-electron chi connectivity index (χ0n) is 9.82. The van der Waals surface area contributed by atoms with E-state index >= 15 is 0 Å². The molecule has 88 valence electrons. The maximum absolute atomic E-state index is 4.50. The van der Waals surface area contributed by atoms with Gasteiger partial charge in [0.25, 0.3) is 0 Å². The molecule has 0 amide bonds. The standard InChI is InChI=1S/C14H17N3/c1-2-6-11(7-3-1)13-10-16-14(17-13)12-8-4-5-9-15-12/h1-3,6-7,10,12,15H,4-5,8-9H2,(H,16,17)/t12-/m1/s1. The number of rotatable bonds is 2. The highest BCUT2D eigenvalue weighted by atomic mass is 15.0. The highest BCUT2D eigenvalue weighted by Crippen LogP contribution is 2.23. The lowest BCUT2D eigenvalue weighted by Crippen LogP contribution is -2.27. The molecule has 2 N–H and O–H groups in total. The highest BCUT2D eigenvalue weighted by Gasteiger charge is 2.17. The minimum Gasteiger partial charge on any atom is -0.341 e. The van der Waals surface area contributed by atoms with Crippen molar-refractivity contribution in [3.05, 3.63) is 42.4 Å². The summed E-state index contributed by atoms with van der Waals surface area (Å²) < 4.78 is 0. The number of imidazole rings is 1. The summed E-state index contributed by atoms with van der Waals surface area (Å²) in [5.41, 5.74) is 2.30. The highest BCUT2D eigenvalue weighted by molar-refractivity contribution is 5.58. The van der Waals surface area contributed by atoms with Crippen LogP contribution in [0.5, 0.6) is 0 Å². The molecule has 0 saturated carbocycles. The molecule has 2 heterocycles. The summed E-state index contributed by atoms with van der Waals surface area (Å²) in [4.78, 5) is 7.92. The zero-order chi connectivity index (χ0) is 11.5. The number of hydrogen-bond acceptors (Lipinski definition) is 2. The maximum atomic E-state index is 4.50. The molecule has 1 saturated heterocycles. The van der Waals surface area contributed by atoms with E-state index in [-0.39, 0.29) is 0 Å². The van der Waals surface area contributed by atoms with Crippen LogP contribution in [0.3, 0.4) is 0 Å². The second-order valence-electron chi connectivity index (χ2n) is 4.55. The van der Waals surface area contributed by atoms with Crippen LogP contribution < -0.4 is 5.32 Å². The molecule has 1 aromatic carbocycles. The van der Waals surface area contributed by atoms with E-state index < -0.39 is 0 Å². The molecule has 1 fully saturated rings. The predicted molar refractivity (Wildman–Crippen MR) is 68.6 cm³/mol. The molecule has 3 rings (SSSR count). The van der Waals surface area contributed by atoms with Crippen molar-refractivity contribution in [2.45, 2.75) is 25.3 Å². The van der Waals surface area contributed by atoms with Crippen LogP contribution in [0.2, 0.25) is 0 Å². The van der Waals surface area contributed by atoms with Crippen molar-refractivity contribution in [3.8, 4) is 11.3 Å². The summed E-state index contributed by atoms with van der Waals surface area (Å²) >= 11 is 0. The van der Waals surface area contributed by atoms with Crippen molar-refractivity contribution >= 4 is 0 Å². The van der Waals surface area contributed by atoms with Gasteiger partial charge in [0.05, 0.1) is 17.9 Å². The van der Waals surface area contributed by atoms with Crippen LogP contribution >= 0.6 is 0 Å². The lowest BCUT2D eigenvalue weighted by atomic mass is 10.0. The van der Waals surface area contributed by atoms with Crippen LogP contribution in [-0.4, -0.2) is 16.5 Å². The Bertz CT molecular complexity index is 469. The lowest BCUT2D eigenvalue weighted by Gasteiger charge is -2.21. The van der Waals surface area contributed by atoms with Crippen LogP contribution in [0, 0.1) is 0 Å². The van der Waals surface area contributed by atoms with E-state index in [2.05, 4.69) is 39.6 Å². The molecule has 1 atom stereocenters. The van der Waals surface area contributed by atoms with Crippen molar-refractivity contribution in [1.29, 1.82) is 0 Å². The number of nitrogens with one attached hydrogen (secondary N) is 2. The molecule has 0 unspecified atom stereocenters. The number of benzene rings is 1. The van der Waals surface area contributed by atoms with Crippen LogP contribution in [0.15, 0.2) is 36.5 Å². The van der Waals surface area contributed by atoms with E-state index in [1.165, 1.54) is 24.8 Å². The van der Waals surface area contributed by atoms with Crippen molar-refractivity contribution in [1.82, 2.24) is 15.3 Å². The van der Waals surface area contributed by atoms with Gasteiger partial charge < -0.3 is 10.3 Å². The topological polar surface area (TPSA) is 40.7 Å². The number of hydrogen-bond donors (Lipinski definition) is 2. The largest absolute Gasteiger partial charge is 0.341 e. The Kier molecular flexibility index (Phi) is 2.92. The Hall–Kier alpha value is -1.61. The molecule has 0 aliphatic carbocycles. The van der Waals surface area contributed by atoms with E-state index in [1.54, 1.807) is 0 Å². The Morgan fingerprint density at radius 1 is 1.12 bits per heavy atom. The van der Waals surface area contributed by atoms with Gasteiger partial charge in [0, 0.05) is 0 Å². The minimum absolute atomic E-state index is 0.404. The minimum atomic E-state index is 0.404. The van der Waals surface area contributed by atoms with Gasteiger partial charge in [-0.05, 0) is 24.9 Å².